The maximum absolute atomic E-state index is 12.3. The molecular formula is C17H18Cl2N2O4S. The number of carbonyl (C=O) groups is 1. The van der Waals surface area contributed by atoms with Crippen LogP contribution in [0.15, 0.2) is 47.4 Å². The molecule has 1 amide bonds. The molecular weight excluding hydrogens is 399 g/mol. The Hall–Kier alpha value is -1.80. The van der Waals surface area contributed by atoms with Gasteiger partial charge in [-0.3, -0.25) is 4.79 Å². The van der Waals surface area contributed by atoms with E-state index < -0.39 is 22.0 Å². The molecule has 0 spiro atoms. The Bertz CT molecular complexity index is 917. The van der Waals surface area contributed by atoms with Gasteiger partial charge in [0.2, 0.25) is 10.0 Å². The second-order valence-corrected chi connectivity index (χ2v) is 8.61. The fourth-order valence-corrected chi connectivity index (χ4v) is 3.23. The lowest BCUT2D eigenvalue weighted by Crippen LogP contribution is -2.30. The second kappa shape index (κ2) is 8.26. The van der Waals surface area contributed by atoms with Gasteiger partial charge in [0.1, 0.15) is 5.75 Å². The Morgan fingerprint density at radius 1 is 1.12 bits per heavy atom. The average Bonchev–Trinajstić information content (AvgIpc) is 2.58. The van der Waals surface area contributed by atoms with E-state index in [1.54, 1.807) is 31.2 Å². The van der Waals surface area contributed by atoms with Gasteiger partial charge in [0.25, 0.3) is 5.91 Å². The lowest BCUT2D eigenvalue weighted by atomic mass is 10.3. The van der Waals surface area contributed by atoms with Gasteiger partial charge in [-0.1, -0.05) is 29.3 Å². The van der Waals surface area contributed by atoms with Crippen LogP contribution in [0.25, 0.3) is 0 Å². The van der Waals surface area contributed by atoms with E-state index in [0.29, 0.717) is 21.5 Å². The molecule has 6 nitrogen and oxygen atoms in total. The summed E-state index contributed by atoms with van der Waals surface area (Å²) in [5.74, 6) is -0.0403. The van der Waals surface area contributed by atoms with E-state index in [4.69, 9.17) is 27.9 Å². The average molecular weight is 417 g/mol. The van der Waals surface area contributed by atoms with E-state index in [1.807, 2.05) is 0 Å². The Morgan fingerprint density at radius 3 is 2.42 bits per heavy atom. The lowest BCUT2D eigenvalue weighted by Gasteiger charge is -2.16. The molecule has 2 rings (SSSR count). The molecule has 0 aliphatic carbocycles. The first-order chi connectivity index (χ1) is 12.1. The molecule has 1 atom stereocenters. The van der Waals surface area contributed by atoms with Gasteiger partial charge in [-0.05, 0) is 37.3 Å². The molecule has 140 valence electrons. The summed E-state index contributed by atoms with van der Waals surface area (Å²) in [6.45, 7) is 1.57. The Kier molecular flexibility index (Phi) is 6.52. The largest absolute Gasteiger partial charge is 0.481 e. The molecule has 2 aromatic rings. The van der Waals surface area contributed by atoms with E-state index in [9.17, 15) is 13.2 Å². The number of hydrogen-bond acceptors (Lipinski definition) is 4. The molecule has 0 saturated carbocycles. The number of nitrogens with zero attached hydrogens (tertiary/aromatic N) is 1. The van der Waals surface area contributed by atoms with Crippen molar-refractivity contribution in [1.29, 1.82) is 0 Å². The molecule has 9 heteroatoms. The van der Waals surface area contributed by atoms with Crippen molar-refractivity contribution in [3.8, 4) is 5.75 Å². The molecule has 0 radical (unpaired) electrons. The normalized spacial score (nSPS) is 12.7. The molecule has 2 aromatic carbocycles. The van der Waals surface area contributed by atoms with Crippen LogP contribution >= 0.6 is 23.2 Å². The first kappa shape index (κ1) is 20.5. The van der Waals surface area contributed by atoms with Gasteiger partial charge in [0, 0.05) is 25.8 Å². The van der Waals surface area contributed by atoms with Crippen LogP contribution in [-0.4, -0.2) is 38.8 Å². The first-order valence-corrected chi connectivity index (χ1v) is 9.76. The molecule has 26 heavy (non-hydrogen) atoms. The maximum Gasteiger partial charge on any atom is 0.265 e. The third-order valence-electron chi connectivity index (χ3n) is 3.45. The Morgan fingerprint density at radius 2 is 1.81 bits per heavy atom. The minimum atomic E-state index is -3.59. The highest BCUT2D eigenvalue weighted by molar-refractivity contribution is 7.89. The van der Waals surface area contributed by atoms with Crippen LogP contribution in [0, 0.1) is 0 Å². The monoisotopic (exact) mass is 416 g/mol. The van der Waals surface area contributed by atoms with E-state index in [1.165, 1.54) is 32.3 Å². The molecule has 0 aliphatic rings. The van der Waals surface area contributed by atoms with Gasteiger partial charge in [-0.25, -0.2) is 12.7 Å². The zero-order chi connectivity index (χ0) is 19.5. The second-order valence-electron chi connectivity index (χ2n) is 5.64. The topological polar surface area (TPSA) is 75.7 Å². The van der Waals surface area contributed by atoms with Crippen LogP contribution in [0.2, 0.25) is 10.0 Å². The number of nitrogens with one attached hydrogen (secondary N) is 1. The number of rotatable bonds is 6. The number of amides is 1. The zero-order valence-electron chi connectivity index (χ0n) is 14.4. The van der Waals surface area contributed by atoms with Crippen molar-refractivity contribution in [3.05, 3.63) is 52.5 Å². The molecule has 0 aromatic heterocycles. The van der Waals surface area contributed by atoms with Crippen molar-refractivity contribution in [1.82, 2.24) is 4.31 Å². The number of sulfonamides is 1. The van der Waals surface area contributed by atoms with E-state index in [0.717, 1.165) is 4.31 Å². The molecule has 0 unspecified atom stereocenters. The van der Waals surface area contributed by atoms with Crippen molar-refractivity contribution < 1.29 is 17.9 Å². The molecule has 0 heterocycles. The summed E-state index contributed by atoms with van der Waals surface area (Å²) >= 11 is 11.8. The summed E-state index contributed by atoms with van der Waals surface area (Å²) in [7, 11) is -0.713. The highest BCUT2D eigenvalue weighted by Gasteiger charge is 2.19. The van der Waals surface area contributed by atoms with Gasteiger partial charge in [-0.15, -0.1) is 0 Å². The van der Waals surface area contributed by atoms with Gasteiger partial charge in [0.15, 0.2) is 6.10 Å². The molecule has 0 fully saturated rings. The van der Waals surface area contributed by atoms with E-state index in [-0.39, 0.29) is 4.90 Å². The summed E-state index contributed by atoms with van der Waals surface area (Å²) < 4.78 is 31.0. The fourth-order valence-electron chi connectivity index (χ4n) is 2.00. The smallest absolute Gasteiger partial charge is 0.265 e. The number of ether oxygens (including phenoxy) is 1. The van der Waals surface area contributed by atoms with Crippen LogP contribution in [0.3, 0.4) is 0 Å². The fraction of sp³-hybridized carbons (Fsp3) is 0.235. The third kappa shape index (κ3) is 4.88. The summed E-state index contributed by atoms with van der Waals surface area (Å²) in [6.07, 6.45) is -0.832. The number of halogens is 2. The summed E-state index contributed by atoms with van der Waals surface area (Å²) in [6, 6.07) is 10.7. The van der Waals surface area contributed by atoms with Crippen LogP contribution < -0.4 is 10.1 Å². The molecule has 0 bridgehead atoms. The van der Waals surface area contributed by atoms with Gasteiger partial charge in [-0.2, -0.15) is 0 Å². The van der Waals surface area contributed by atoms with Crippen LogP contribution in [0.4, 0.5) is 5.69 Å². The van der Waals surface area contributed by atoms with Crippen LogP contribution in [-0.2, 0) is 14.8 Å². The standard InChI is InChI=1S/C17H18Cl2N2O4S/c1-11(25-13-7-8-15(18)16(19)10-13)17(22)20-12-5-4-6-14(9-12)26(23,24)21(2)3/h4-11H,1-3H3,(H,20,22)/t11-/m1/s1. The zero-order valence-corrected chi connectivity index (χ0v) is 16.7. The molecule has 0 saturated heterocycles. The van der Waals surface area contributed by atoms with Gasteiger partial charge in [0.05, 0.1) is 14.9 Å². The lowest BCUT2D eigenvalue weighted by molar-refractivity contribution is -0.122. The Balaban J connectivity index is 2.10. The predicted octanol–water partition coefficient (Wildman–Crippen LogP) is 3.65. The van der Waals surface area contributed by atoms with E-state index >= 15 is 0 Å². The van der Waals surface area contributed by atoms with Crippen LogP contribution in [0.5, 0.6) is 5.75 Å². The van der Waals surface area contributed by atoms with E-state index in [2.05, 4.69) is 5.32 Å². The summed E-state index contributed by atoms with van der Waals surface area (Å²) in [5.41, 5.74) is 0.350. The van der Waals surface area contributed by atoms with Gasteiger partial charge >= 0.3 is 0 Å². The van der Waals surface area contributed by atoms with Crippen molar-refractivity contribution >= 4 is 44.8 Å². The van der Waals surface area contributed by atoms with Crippen molar-refractivity contribution in [3.63, 3.8) is 0 Å². The quantitative estimate of drug-likeness (QED) is 0.779. The first-order valence-electron chi connectivity index (χ1n) is 7.56. The Labute approximate surface area is 162 Å². The number of carbonyl (C=O) groups excluding carboxylic acids is 1. The van der Waals surface area contributed by atoms with Crippen molar-refractivity contribution in [2.24, 2.45) is 0 Å². The van der Waals surface area contributed by atoms with Crippen molar-refractivity contribution in [2.75, 3.05) is 19.4 Å². The predicted molar refractivity (Wildman–Crippen MR) is 102 cm³/mol. The minimum Gasteiger partial charge on any atom is -0.481 e. The third-order valence-corrected chi connectivity index (χ3v) is 6.00. The number of benzene rings is 2. The molecule has 0 aliphatic heterocycles. The van der Waals surface area contributed by atoms with Crippen LogP contribution in [0.1, 0.15) is 6.92 Å². The number of hydrogen-bond donors (Lipinski definition) is 1. The minimum absolute atomic E-state index is 0.0818. The summed E-state index contributed by atoms with van der Waals surface area (Å²) in [5, 5.41) is 3.34. The van der Waals surface area contributed by atoms with Gasteiger partial charge < -0.3 is 10.1 Å². The SMILES string of the molecule is C[C@@H](Oc1ccc(Cl)c(Cl)c1)C(=O)Nc1cccc(S(=O)(=O)N(C)C)c1. The van der Waals surface area contributed by atoms with Crippen molar-refractivity contribution in [2.45, 2.75) is 17.9 Å². The number of anilines is 1. The molecule has 1 N–H and O–H groups in total. The summed E-state index contributed by atoms with van der Waals surface area (Å²) in [4.78, 5) is 12.4. The maximum atomic E-state index is 12.3. The highest BCUT2D eigenvalue weighted by Crippen LogP contribution is 2.27. The highest BCUT2D eigenvalue weighted by atomic mass is 35.5.